The van der Waals surface area contributed by atoms with E-state index < -0.39 is 24.5 Å². The van der Waals surface area contributed by atoms with Gasteiger partial charge in [-0.05, 0) is 0 Å². The molecule has 0 aliphatic carbocycles. The van der Waals surface area contributed by atoms with Crippen LogP contribution in [-0.4, -0.2) is 46.5 Å². The molecule has 1 saturated heterocycles. The molecule has 0 saturated carbocycles. The van der Waals surface area contributed by atoms with E-state index in [1.54, 1.807) is 0 Å². The summed E-state index contributed by atoms with van der Waals surface area (Å²) in [5.41, 5.74) is 5.27. The van der Waals surface area contributed by atoms with Crippen molar-refractivity contribution in [2.75, 3.05) is 6.61 Å². The molecule has 0 aromatic carbocycles. The smallest absolute Gasteiger partial charge is 0.182 e. The maximum atomic E-state index is 8.96. The molecule has 1 aliphatic rings. The third-order valence-electron chi connectivity index (χ3n) is 1.57. The molecule has 0 aromatic rings. The number of hydrogen-bond acceptors (Lipinski definition) is 5. The average molecular weight is 149 g/mol. The lowest BCUT2D eigenvalue weighted by Crippen LogP contribution is -2.57. The largest absolute Gasteiger partial charge is 0.389 e. The van der Waals surface area contributed by atoms with E-state index in [-0.39, 0.29) is 6.61 Å². The minimum Gasteiger partial charge on any atom is -0.389 e. The van der Waals surface area contributed by atoms with Crippen LogP contribution in [0.5, 0.6) is 0 Å². The van der Waals surface area contributed by atoms with Gasteiger partial charge in [0, 0.05) is 0 Å². The number of rotatable bonds is 0. The number of ether oxygens (including phenoxy) is 1. The number of hydrogen-bond donors (Lipinski definition) is 4. The molecule has 1 heterocycles. The van der Waals surface area contributed by atoms with E-state index in [1.807, 2.05) is 0 Å². The lowest BCUT2D eigenvalue weighted by Gasteiger charge is -2.32. The van der Waals surface area contributed by atoms with E-state index >= 15 is 0 Å². The van der Waals surface area contributed by atoms with Crippen LogP contribution in [0.15, 0.2) is 0 Å². The normalized spacial score (nSPS) is 49.2. The predicted molar refractivity (Wildman–Crippen MR) is 31.9 cm³/mol. The van der Waals surface area contributed by atoms with Crippen LogP contribution in [0.3, 0.4) is 0 Å². The van der Waals surface area contributed by atoms with Gasteiger partial charge in [0.05, 0.1) is 18.8 Å². The molecule has 1 fully saturated rings. The lowest BCUT2D eigenvalue weighted by molar-refractivity contribution is -0.219. The van der Waals surface area contributed by atoms with E-state index in [2.05, 4.69) is 4.74 Å². The molecule has 0 bridgehead atoms. The summed E-state index contributed by atoms with van der Waals surface area (Å²) < 4.78 is 4.55. The van der Waals surface area contributed by atoms with Gasteiger partial charge in [0.25, 0.3) is 0 Å². The zero-order chi connectivity index (χ0) is 7.72. The van der Waals surface area contributed by atoms with Crippen molar-refractivity contribution in [3.63, 3.8) is 0 Å². The molecule has 4 unspecified atom stereocenters. The fraction of sp³-hybridized carbons (Fsp3) is 1.00. The summed E-state index contributed by atoms with van der Waals surface area (Å²) in [6.45, 7) is -0.0284. The third-order valence-corrected chi connectivity index (χ3v) is 1.57. The van der Waals surface area contributed by atoms with Crippen LogP contribution in [-0.2, 0) is 4.74 Å². The lowest BCUT2D eigenvalue weighted by atomic mass is 10.0. The van der Waals surface area contributed by atoms with Crippen molar-refractivity contribution in [3.05, 3.63) is 0 Å². The van der Waals surface area contributed by atoms with Crippen LogP contribution in [0.2, 0.25) is 0 Å². The van der Waals surface area contributed by atoms with Crippen molar-refractivity contribution < 1.29 is 20.1 Å². The molecule has 1 rings (SSSR count). The molecule has 60 valence electrons. The maximum Gasteiger partial charge on any atom is 0.182 e. The molecule has 0 aromatic heterocycles. The van der Waals surface area contributed by atoms with Gasteiger partial charge in [-0.25, -0.2) is 0 Å². The standard InChI is InChI=1S/C5H11NO4/c6-3-2(7)1-10-5(9)4(3)8/h2-5,7-9H,1,6H2. The highest BCUT2D eigenvalue weighted by molar-refractivity contribution is 4.84. The second-order valence-corrected chi connectivity index (χ2v) is 2.36. The Kier molecular flexibility index (Phi) is 2.22. The van der Waals surface area contributed by atoms with Crippen LogP contribution in [0.4, 0.5) is 0 Å². The Morgan fingerprint density at radius 3 is 2.40 bits per heavy atom. The Labute approximate surface area is 58.0 Å². The van der Waals surface area contributed by atoms with Crippen LogP contribution >= 0.6 is 0 Å². The second-order valence-electron chi connectivity index (χ2n) is 2.36. The minimum atomic E-state index is -1.27. The van der Waals surface area contributed by atoms with Gasteiger partial charge in [-0.15, -0.1) is 0 Å². The first-order chi connectivity index (χ1) is 4.63. The van der Waals surface area contributed by atoms with Crippen LogP contribution in [0.1, 0.15) is 0 Å². The summed E-state index contributed by atoms with van der Waals surface area (Å²) in [5, 5.41) is 26.7. The van der Waals surface area contributed by atoms with Gasteiger partial charge in [0.1, 0.15) is 6.10 Å². The molecule has 5 nitrogen and oxygen atoms in total. The van der Waals surface area contributed by atoms with Crippen molar-refractivity contribution in [2.24, 2.45) is 5.73 Å². The number of nitrogens with two attached hydrogens (primary N) is 1. The maximum absolute atomic E-state index is 8.96. The van der Waals surface area contributed by atoms with Crippen molar-refractivity contribution in [2.45, 2.75) is 24.5 Å². The Morgan fingerprint density at radius 2 is 1.90 bits per heavy atom. The molecule has 5 N–H and O–H groups in total. The number of aliphatic hydroxyl groups is 3. The zero-order valence-corrected chi connectivity index (χ0v) is 5.34. The van der Waals surface area contributed by atoms with Crippen LogP contribution in [0, 0.1) is 0 Å². The van der Waals surface area contributed by atoms with E-state index in [4.69, 9.17) is 21.1 Å². The Balaban J connectivity index is 2.52. The van der Waals surface area contributed by atoms with E-state index in [0.717, 1.165) is 0 Å². The summed E-state index contributed by atoms with van der Waals surface area (Å²) in [5.74, 6) is 0. The SMILES string of the molecule is NC1C(O)COC(O)C1O. The van der Waals surface area contributed by atoms with Gasteiger partial charge in [0.2, 0.25) is 0 Å². The van der Waals surface area contributed by atoms with Crippen molar-refractivity contribution in [1.82, 2.24) is 0 Å². The summed E-state index contributed by atoms with van der Waals surface area (Å²) in [6, 6.07) is -0.816. The molecule has 5 heteroatoms. The van der Waals surface area contributed by atoms with E-state index in [0.29, 0.717) is 0 Å². The van der Waals surface area contributed by atoms with E-state index in [9.17, 15) is 0 Å². The van der Waals surface area contributed by atoms with Gasteiger partial charge in [-0.2, -0.15) is 0 Å². The first-order valence-electron chi connectivity index (χ1n) is 3.04. The average Bonchev–Trinajstić information content (AvgIpc) is 1.93. The molecule has 4 atom stereocenters. The van der Waals surface area contributed by atoms with Crippen molar-refractivity contribution >= 4 is 0 Å². The van der Waals surface area contributed by atoms with Gasteiger partial charge in [-0.1, -0.05) is 0 Å². The fourth-order valence-corrected chi connectivity index (χ4v) is 0.825. The Hall–Kier alpha value is -0.200. The summed E-state index contributed by atoms with van der Waals surface area (Å²) in [4.78, 5) is 0. The second kappa shape index (κ2) is 2.81. The molecular weight excluding hydrogens is 138 g/mol. The predicted octanol–water partition coefficient (Wildman–Crippen LogP) is -2.62. The number of aliphatic hydroxyl groups excluding tert-OH is 3. The highest BCUT2D eigenvalue weighted by Gasteiger charge is 2.34. The van der Waals surface area contributed by atoms with Gasteiger partial charge in [-0.3, -0.25) is 0 Å². The first-order valence-corrected chi connectivity index (χ1v) is 3.04. The molecule has 1 aliphatic heterocycles. The molecular formula is C5H11NO4. The Bertz CT molecular complexity index is 106. The molecule has 0 amide bonds. The quantitative estimate of drug-likeness (QED) is 0.302. The van der Waals surface area contributed by atoms with Crippen molar-refractivity contribution in [1.29, 1.82) is 0 Å². The Morgan fingerprint density at radius 1 is 1.30 bits per heavy atom. The summed E-state index contributed by atoms with van der Waals surface area (Å²) >= 11 is 0. The zero-order valence-electron chi connectivity index (χ0n) is 5.34. The third kappa shape index (κ3) is 1.28. The summed E-state index contributed by atoms with van der Waals surface area (Å²) in [7, 11) is 0. The molecule has 10 heavy (non-hydrogen) atoms. The monoisotopic (exact) mass is 149 g/mol. The van der Waals surface area contributed by atoms with Gasteiger partial charge < -0.3 is 25.8 Å². The topological polar surface area (TPSA) is 95.9 Å². The summed E-state index contributed by atoms with van der Waals surface area (Å²) in [6.07, 6.45) is -3.35. The minimum absolute atomic E-state index is 0.0284. The first kappa shape index (κ1) is 7.90. The molecule has 0 spiro atoms. The fourth-order valence-electron chi connectivity index (χ4n) is 0.825. The highest BCUT2D eigenvalue weighted by atomic mass is 16.6. The van der Waals surface area contributed by atoms with Crippen LogP contribution < -0.4 is 5.73 Å². The molecule has 0 radical (unpaired) electrons. The highest BCUT2D eigenvalue weighted by Crippen LogP contribution is 2.10. The van der Waals surface area contributed by atoms with Crippen molar-refractivity contribution in [3.8, 4) is 0 Å². The van der Waals surface area contributed by atoms with E-state index in [1.165, 1.54) is 0 Å². The van der Waals surface area contributed by atoms with Gasteiger partial charge in [0.15, 0.2) is 6.29 Å². The van der Waals surface area contributed by atoms with Gasteiger partial charge >= 0.3 is 0 Å². The van der Waals surface area contributed by atoms with Crippen LogP contribution in [0.25, 0.3) is 0 Å².